The minimum atomic E-state index is -1.78. The molecule has 23 N–H and O–H groups in total. The highest BCUT2D eigenvalue weighted by molar-refractivity contribution is 8.76. The number of carbonyl (C=O) groups excluding carboxylic acids is 11. The zero-order valence-corrected chi connectivity index (χ0v) is 52.4. The fraction of sp³-hybridized carbons (Fsp3) is 0.458. The molecular weight excluding hydrogens is 1240 g/mol. The van der Waals surface area contributed by atoms with Crippen molar-refractivity contribution in [2.75, 3.05) is 44.4 Å². The molecule has 1 aromatic heterocycles. The van der Waals surface area contributed by atoms with Gasteiger partial charge in [-0.25, -0.2) is 0 Å². The SMILES string of the molecule is CC(C)[C@@H]1NC(=O)[C@@H](NC(=O)[C@H](Cc2ccc(O)cc2)NC(=O)CCCN)CSSC[C@@H](C(N)=O)NC(=O)[C@H](CO)NC(=O)[C@H](Cc2c[nH]c3ccccc23)NC(=O)[C@H](CO)NC(=O)CCNC(=O)[C@H](CCCN=C(N)N)NC(=O)[C@H](Cc2ccc(O)cc2)NC1=O. The first-order valence-electron chi connectivity index (χ1n) is 29.5. The van der Waals surface area contributed by atoms with Crippen LogP contribution in [0.4, 0.5) is 0 Å². The predicted octanol–water partition coefficient (Wildman–Crippen LogP) is -4.21. The lowest BCUT2D eigenvalue weighted by atomic mass is 10.00. The number of amides is 11. The minimum Gasteiger partial charge on any atom is -0.508 e. The number of aromatic nitrogens is 1. The van der Waals surface area contributed by atoms with Gasteiger partial charge < -0.3 is 102 Å². The molecule has 1 fully saturated rings. The Hall–Kier alpha value is -9.18. The molecule has 33 heteroatoms. The van der Waals surface area contributed by atoms with Crippen LogP contribution >= 0.6 is 21.6 Å². The summed E-state index contributed by atoms with van der Waals surface area (Å²) in [6.45, 7) is 0.909. The van der Waals surface area contributed by atoms with E-state index >= 15 is 0 Å². The van der Waals surface area contributed by atoms with E-state index in [2.05, 4.69) is 63.1 Å². The summed E-state index contributed by atoms with van der Waals surface area (Å²) >= 11 is 0. The Balaban J connectivity index is 1.54. The molecule has 5 rings (SSSR count). The average Bonchev–Trinajstić information content (AvgIpc) is 2.69. The van der Waals surface area contributed by atoms with Crippen LogP contribution < -0.4 is 76.1 Å². The molecule has 4 aromatic rings. The molecule has 0 spiro atoms. The molecule has 31 nitrogen and oxygen atoms in total. The summed E-state index contributed by atoms with van der Waals surface area (Å²) < 4.78 is 0. The summed E-state index contributed by atoms with van der Waals surface area (Å²) in [4.78, 5) is 161. The summed E-state index contributed by atoms with van der Waals surface area (Å²) in [5.41, 5.74) is 24.6. The monoisotopic (exact) mass is 1320 g/mol. The second-order valence-corrected chi connectivity index (χ2v) is 24.4. The lowest BCUT2D eigenvalue weighted by molar-refractivity contribution is -0.135. The summed E-state index contributed by atoms with van der Waals surface area (Å²) in [5, 5.41) is 67.1. The van der Waals surface area contributed by atoms with Gasteiger partial charge in [-0.2, -0.15) is 0 Å². The van der Waals surface area contributed by atoms with Gasteiger partial charge in [0.25, 0.3) is 0 Å². The summed E-state index contributed by atoms with van der Waals surface area (Å²) in [5.74, 6) is -12.0. The number of aliphatic hydroxyl groups excluding tert-OH is 2. The van der Waals surface area contributed by atoms with E-state index in [0.29, 0.717) is 27.6 Å². The summed E-state index contributed by atoms with van der Waals surface area (Å²) in [7, 11) is 1.78. The number of aliphatic hydroxyl groups is 2. The topological polar surface area (TPSA) is 521 Å². The number of para-hydroxylation sites is 1. The third kappa shape index (κ3) is 23.9. The van der Waals surface area contributed by atoms with Gasteiger partial charge in [-0.05, 0) is 78.7 Å². The molecule has 0 saturated carbocycles. The smallest absolute Gasteiger partial charge is 0.245 e. The van der Waals surface area contributed by atoms with E-state index in [4.69, 9.17) is 22.9 Å². The van der Waals surface area contributed by atoms with Crippen molar-refractivity contribution in [1.29, 1.82) is 0 Å². The standard InChI is InChI=1S/C59H82N16O15S2/c1-31(2)49-58(90)71-41(24-33-13-17-36(79)18-14-33)53(85)69-39(9-6-21-65-59(62)63)51(83)64-22-19-48(81)68-43(27-76)55(87)70-42(25-34-26-66-38-8-4-3-7-37(34)38)54(86)72-44(28-77)56(88)73-45(50(61)82)29-91-92-30-46(57(89)75-49)74-52(84)40(67-47(80)10-5-20-60)23-32-11-15-35(78)16-12-32/h3-4,7-8,11-18,26,31,39-46,49,66,76-79H,5-6,9-10,19-25,27-30,60H2,1-2H3,(H2,61,82)(H,64,83)(H,67,80)(H,68,81)(H,69,85)(H,70,87)(H,71,90)(H,72,86)(H,73,88)(H,74,84)(H,75,89)(H4,62,63,65)/t39-,40-,41-,42-,43-,44-,45-,46-,49-/m0/s1. The number of nitrogens with zero attached hydrogens (tertiary/aromatic N) is 1. The Kier molecular flexibility index (Phi) is 29.8. The van der Waals surface area contributed by atoms with Crippen molar-refractivity contribution < 1.29 is 73.2 Å². The van der Waals surface area contributed by atoms with Gasteiger partial charge in [-0.15, -0.1) is 0 Å². The molecule has 1 saturated heterocycles. The second kappa shape index (κ2) is 37.2. The molecule has 0 unspecified atom stereocenters. The van der Waals surface area contributed by atoms with E-state index in [0.717, 1.165) is 21.6 Å². The third-order valence-electron chi connectivity index (χ3n) is 14.3. The Bertz CT molecular complexity index is 3220. The fourth-order valence-electron chi connectivity index (χ4n) is 9.28. The van der Waals surface area contributed by atoms with Crippen LogP contribution in [0.5, 0.6) is 11.5 Å². The second-order valence-electron chi connectivity index (χ2n) is 21.9. The van der Waals surface area contributed by atoms with Gasteiger partial charge in [0.15, 0.2) is 5.96 Å². The van der Waals surface area contributed by atoms with Crippen molar-refractivity contribution in [3.8, 4) is 11.5 Å². The van der Waals surface area contributed by atoms with Gasteiger partial charge in [0, 0.05) is 73.8 Å². The van der Waals surface area contributed by atoms with Crippen LogP contribution in [0.2, 0.25) is 0 Å². The van der Waals surface area contributed by atoms with Gasteiger partial charge in [0.05, 0.1) is 13.2 Å². The number of aromatic amines is 1. The van der Waals surface area contributed by atoms with Crippen LogP contribution in [0.1, 0.15) is 62.6 Å². The molecule has 0 bridgehead atoms. The molecule has 92 heavy (non-hydrogen) atoms. The van der Waals surface area contributed by atoms with Crippen LogP contribution in [0, 0.1) is 5.92 Å². The van der Waals surface area contributed by atoms with Crippen molar-refractivity contribution in [1.82, 2.24) is 58.2 Å². The molecule has 2 heterocycles. The van der Waals surface area contributed by atoms with E-state index in [9.17, 15) is 73.2 Å². The number of hydrogen-bond acceptors (Lipinski definition) is 19. The van der Waals surface area contributed by atoms with Crippen LogP contribution in [-0.2, 0) is 72.0 Å². The van der Waals surface area contributed by atoms with Crippen LogP contribution in [0.3, 0.4) is 0 Å². The number of rotatable bonds is 20. The highest BCUT2D eigenvalue weighted by Gasteiger charge is 2.36. The zero-order valence-electron chi connectivity index (χ0n) is 50.7. The molecule has 0 aliphatic carbocycles. The summed E-state index contributed by atoms with van der Waals surface area (Å²) in [6.07, 6.45) is 0.684. The highest BCUT2D eigenvalue weighted by Crippen LogP contribution is 2.24. The van der Waals surface area contributed by atoms with Gasteiger partial charge in [-0.1, -0.05) is 77.9 Å². The van der Waals surface area contributed by atoms with Gasteiger partial charge in [-0.3, -0.25) is 57.7 Å². The van der Waals surface area contributed by atoms with Gasteiger partial charge in [0.2, 0.25) is 65.0 Å². The Morgan fingerprint density at radius 1 is 0.652 bits per heavy atom. The first kappa shape index (κ1) is 73.6. The maximum atomic E-state index is 14.7. The Morgan fingerprint density at radius 2 is 1.23 bits per heavy atom. The predicted molar refractivity (Wildman–Crippen MR) is 342 cm³/mol. The van der Waals surface area contributed by atoms with Crippen LogP contribution in [0.15, 0.2) is 84.0 Å². The van der Waals surface area contributed by atoms with Crippen molar-refractivity contribution >= 4 is 103 Å². The molecule has 3 aromatic carbocycles. The Labute approximate surface area is 537 Å². The number of primary amides is 1. The van der Waals surface area contributed by atoms with Gasteiger partial charge in [0.1, 0.15) is 65.9 Å². The number of aromatic hydroxyl groups is 2. The largest absolute Gasteiger partial charge is 0.508 e. The molecule has 1 aliphatic rings. The van der Waals surface area contributed by atoms with E-state index in [1.165, 1.54) is 48.5 Å². The number of hydrogen-bond donors (Lipinski definition) is 19. The van der Waals surface area contributed by atoms with Crippen LogP contribution in [0.25, 0.3) is 10.9 Å². The Morgan fingerprint density at radius 3 is 1.86 bits per heavy atom. The summed E-state index contributed by atoms with van der Waals surface area (Å²) in [6, 6.07) is 4.67. The first-order valence-corrected chi connectivity index (χ1v) is 32.0. The lowest BCUT2D eigenvalue weighted by Crippen LogP contribution is -2.61. The van der Waals surface area contributed by atoms with Crippen LogP contribution in [-0.4, -0.2) is 195 Å². The molecule has 9 atom stereocenters. The third-order valence-corrected chi connectivity index (χ3v) is 16.8. The molecule has 11 amide bonds. The van der Waals surface area contributed by atoms with Crippen molar-refractivity contribution in [3.05, 3.63) is 95.7 Å². The van der Waals surface area contributed by atoms with Gasteiger partial charge >= 0.3 is 0 Å². The number of phenols is 2. The number of H-pyrrole nitrogens is 1. The van der Waals surface area contributed by atoms with Crippen molar-refractivity contribution in [2.45, 2.75) is 120 Å². The quantitative estimate of drug-likeness (QED) is 0.0173. The normalized spacial score (nSPS) is 21.9. The number of phenolic OH excluding ortho intramolecular Hbond substituents is 2. The number of aliphatic imine (C=N–C) groups is 1. The number of guanidine groups is 1. The molecule has 500 valence electrons. The lowest BCUT2D eigenvalue weighted by Gasteiger charge is -2.29. The first-order chi connectivity index (χ1) is 43.9. The maximum absolute atomic E-state index is 14.7. The number of benzene rings is 3. The highest BCUT2D eigenvalue weighted by atomic mass is 33.1. The number of nitrogens with two attached hydrogens (primary N) is 4. The number of fused-ring (bicyclic) bond motifs is 1. The number of nitrogens with one attached hydrogen (secondary N) is 11. The molecule has 1 aliphatic heterocycles. The van der Waals surface area contributed by atoms with E-state index in [1.54, 1.807) is 44.3 Å². The molecular formula is C59H82N16O15S2. The van der Waals surface area contributed by atoms with Crippen molar-refractivity contribution in [2.24, 2.45) is 33.8 Å². The van der Waals surface area contributed by atoms with E-state index < -0.39 is 151 Å². The maximum Gasteiger partial charge on any atom is 0.245 e. The van der Waals surface area contributed by atoms with Crippen molar-refractivity contribution in [3.63, 3.8) is 0 Å². The average molecular weight is 1320 g/mol. The fourth-order valence-corrected chi connectivity index (χ4v) is 11.6. The minimum absolute atomic E-state index is 0.00905. The zero-order chi connectivity index (χ0) is 67.4. The number of carbonyl (C=O) groups is 11. The molecule has 0 radical (unpaired) electrons. The van der Waals surface area contributed by atoms with E-state index in [-0.39, 0.29) is 87.0 Å². The van der Waals surface area contributed by atoms with E-state index in [1.807, 2.05) is 0 Å².